The second kappa shape index (κ2) is 6.93. The molecule has 0 saturated carbocycles. The number of hydrogen-bond acceptors (Lipinski definition) is 6. The molecule has 0 radical (unpaired) electrons. The standard InChI is InChI=1S/C15H20FN7/c1-3-20-8-10(7-17)12-5-4-11(6-13(12)16)23(19)15-14(18)9-22(2)21-15/h4-9,17,20H,3,18-19H2,1-2H3/b10-8+,17-7?. The average Bonchev–Trinajstić information content (AvgIpc) is 2.87. The van der Waals surface area contributed by atoms with Crippen LogP contribution in [0.2, 0.25) is 0 Å². The maximum Gasteiger partial charge on any atom is 0.192 e. The third-order valence-corrected chi connectivity index (χ3v) is 3.22. The molecule has 2 rings (SSSR count). The Hall–Kier alpha value is -2.87. The molecule has 0 amide bonds. The number of aryl methyl sites for hydroxylation is 1. The highest BCUT2D eigenvalue weighted by atomic mass is 19.1. The molecule has 122 valence electrons. The molecule has 0 aliphatic carbocycles. The normalized spacial score (nSPS) is 11.4. The van der Waals surface area contributed by atoms with Crippen LogP contribution < -0.4 is 21.9 Å². The van der Waals surface area contributed by atoms with E-state index in [1.807, 2.05) is 6.92 Å². The number of nitrogens with two attached hydrogens (primary N) is 2. The zero-order chi connectivity index (χ0) is 17.0. The predicted molar refractivity (Wildman–Crippen MR) is 90.8 cm³/mol. The summed E-state index contributed by atoms with van der Waals surface area (Å²) in [5.74, 6) is 5.83. The monoisotopic (exact) mass is 317 g/mol. The fourth-order valence-corrected chi connectivity index (χ4v) is 2.10. The van der Waals surface area contributed by atoms with Gasteiger partial charge in [0.2, 0.25) is 0 Å². The number of nitrogens with one attached hydrogen (secondary N) is 2. The van der Waals surface area contributed by atoms with Crippen molar-refractivity contribution in [3.8, 4) is 0 Å². The molecular formula is C15H20FN7. The summed E-state index contributed by atoms with van der Waals surface area (Å²) >= 11 is 0. The summed E-state index contributed by atoms with van der Waals surface area (Å²) in [6.07, 6.45) is 4.31. The smallest absolute Gasteiger partial charge is 0.192 e. The maximum absolute atomic E-state index is 14.4. The molecule has 0 aliphatic rings. The molecule has 2 aromatic rings. The van der Waals surface area contributed by atoms with Gasteiger partial charge in [-0.05, 0) is 25.1 Å². The van der Waals surface area contributed by atoms with Crippen molar-refractivity contribution in [2.45, 2.75) is 6.92 Å². The van der Waals surface area contributed by atoms with Crippen LogP contribution in [0.5, 0.6) is 0 Å². The van der Waals surface area contributed by atoms with Gasteiger partial charge in [0, 0.05) is 43.3 Å². The highest BCUT2D eigenvalue weighted by molar-refractivity contribution is 6.08. The maximum atomic E-state index is 14.4. The molecule has 6 N–H and O–H groups in total. The van der Waals surface area contributed by atoms with Crippen LogP contribution in [0.1, 0.15) is 12.5 Å². The van der Waals surface area contributed by atoms with Gasteiger partial charge in [-0.25, -0.2) is 10.2 Å². The minimum absolute atomic E-state index is 0.312. The highest BCUT2D eigenvalue weighted by Crippen LogP contribution is 2.28. The lowest BCUT2D eigenvalue weighted by molar-refractivity contribution is 0.624. The lowest BCUT2D eigenvalue weighted by atomic mass is 10.1. The number of nitrogens with zero attached hydrogens (tertiary/aromatic N) is 3. The molecule has 23 heavy (non-hydrogen) atoms. The molecule has 0 fully saturated rings. The Morgan fingerprint density at radius 2 is 2.26 bits per heavy atom. The number of hydrazine groups is 1. The number of benzene rings is 1. The van der Waals surface area contributed by atoms with Crippen molar-refractivity contribution in [3.05, 3.63) is 42.0 Å². The van der Waals surface area contributed by atoms with E-state index in [1.54, 1.807) is 31.6 Å². The van der Waals surface area contributed by atoms with E-state index >= 15 is 0 Å². The SMILES string of the molecule is CCN/C=C(\C=N)c1ccc(N(N)c2nn(C)cc2N)cc1F. The number of anilines is 3. The number of aromatic nitrogens is 2. The largest absolute Gasteiger partial charge is 0.394 e. The van der Waals surface area contributed by atoms with Crippen LogP contribution in [-0.2, 0) is 7.05 Å². The minimum Gasteiger partial charge on any atom is -0.394 e. The van der Waals surface area contributed by atoms with E-state index in [-0.39, 0.29) is 0 Å². The van der Waals surface area contributed by atoms with Gasteiger partial charge in [0.1, 0.15) is 5.82 Å². The molecule has 8 heteroatoms. The predicted octanol–water partition coefficient (Wildman–Crippen LogP) is 1.75. The summed E-state index contributed by atoms with van der Waals surface area (Å²) in [6.45, 7) is 2.60. The van der Waals surface area contributed by atoms with Crippen LogP contribution >= 0.6 is 0 Å². The summed E-state index contributed by atoms with van der Waals surface area (Å²) < 4.78 is 15.9. The van der Waals surface area contributed by atoms with Gasteiger partial charge in [0.15, 0.2) is 5.82 Å². The van der Waals surface area contributed by atoms with Crippen molar-refractivity contribution >= 4 is 29.0 Å². The van der Waals surface area contributed by atoms with Gasteiger partial charge in [0.05, 0.1) is 11.4 Å². The van der Waals surface area contributed by atoms with Gasteiger partial charge in [0.25, 0.3) is 0 Å². The molecule has 0 saturated heterocycles. The third kappa shape index (κ3) is 3.49. The summed E-state index contributed by atoms with van der Waals surface area (Å²) in [4.78, 5) is 0. The van der Waals surface area contributed by atoms with E-state index in [0.29, 0.717) is 34.9 Å². The fourth-order valence-electron chi connectivity index (χ4n) is 2.10. The van der Waals surface area contributed by atoms with Crippen LogP contribution in [0.3, 0.4) is 0 Å². The van der Waals surface area contributed by atoms with Crippen LogP contribution in [-0.4, -0.2) is 22.5 Å². The fraction of sp³-hybridized carbons (Fsp3) is 0.200. The van der Waals surface area contributed by atoms with Crippen molar-refractivity contribution in [2.24, 2.45) is 12.9 Å². The first-order valence-corrected chi connectivity index (χ1v) is 7.05. The Kier molecular flexibility index (Phi) is 4.97. The van der Waals surface area contributed by atoms with Crippen molar-refractivity contribution in [1.29, 1.82) is 5.41 Å². The Morgan fingerprint density at radius 1 is 1.52 bits per heavy atom. The van der Waals surface area contributed by atoms with Crippen molar-refractivity contribution in [3.63, 3.8) is 0 Å². The van der Waals surface area contributed by atoms with Crippen molar-refractivity contribution in [1.82, 2.24) is 15.1 Å². The van der Waals surface area contributed by atoms with Gasteiger partial charge in [-0.15, -0.1) is 0 Å². The van der Waals surface area contributed by atoms with Crippen molar-refractivity contribution in [2.75, 3.05) is 17.3 Å². The first-order chi connectivity index (χ1) is 11.0. The van der Waals surface area contributed by atoms with Gasteiger partial charge >= 0.3 is 0 Å². The van der Waals surface area contributed by atoms with Gasteiger partial charge in [-0.3, -0.25) is 9.69 Å². The first-order valence-electron chi connectivity index (χ1n) is 7.05. The van der Waals surface area contributed by atoms with E-state index in [4.69, 9.17) is 17.0 Å². The van der Waals surface area contributed by atoms with Gasteiger partial charge < -0.3 is 16.5 Å². The molecule has 0 atom stereocenters. The number of hydrogen-bond donors (Lipinski definition) is 4. The van der Waals surface area contributed by atoms with E-state index in [9.17, 15) is 4.39 Å². The molecule has 1 heterocycles. The van der Waals surface area contributed by atoms with Crippen LogP contribution in [0.25, 0.3) is 5.57 Å². The molecule has 0 spiro atoms. The van der Waals surface area contributed by atoms with Crippen LogP contribution in [0, 0.1) is 11.2 Å². The summed E-state index contributed by atoms with van der Waals surface area (Å²) in [6, 6.07) is 4.50. The van der Waals surface area contributed by atoms with E-state index in [2.05, 4.69) is 10.4 Å². The van der Waals surface area contributed by atoms with Crippen LogP contribution in [0.4, 0.5) is 21.6 Å². The molecule has 0 bridgehead atoms. The zero-order valence-corrected chi connectivity index (χ0v) is 13.0. The molecule has 0 aliphatic heterocycles. The minimum atomic E-state index is -0.486. The van der Waals surface area contributed by atoms with Gasteiger partial charge in [-0.2, -0.15) is 5.10 Å². The first kappa shape index (κ1) is 16.5. The molecule has 1 aromatic heterocycles. The Bertz CT molecular complexity index is 735. The quantitative estimate of drug-likeness (QED) is 0.369. The molecule has 7 nitrogen and oxygen atoms in total. The number of allylic oxidation sites excluding steroid dienone is 1. The van der Waals surface area contributed by atoms with E-state index in [1.165, 1.54) is 15.8 Å². The number of rotatable bonds is 6. The Balaban J connectivity index is 2.35. The zero-order valence-electron chi connectivity index (χ0n) is 13.0. The Labute approximate surface area is 133 Å². The summed E-state index contributed by atoms with van der Waals surface area (Å²) in [5, 5.41) is 15.7. The Morgan fingerprint density at radius 3 is 2.78 bits per heavy atom. The molecule has 0 unspecified atom stereocenters. The second-order valence-corrected chi connectivity index (χ2v) is 4.92. The third-order valence-electron chi connectivity index (χ3n) is 3.22. The van der Waals surface area contributed by atoms with Crippen LogP contribution in [0.15, 0.2) is 30.6 Å². The molecule has 1 aromatic carbocycles. The lowest BCUT2D eigenvalue weighted by Crippen LogP contribution is -2.26. The molecular weight excluding hydrogens is 297 g/mol. The average molecular weight is 317 g/mol. The number of halogens is 1. The topological polar surface area (TPSA) is 109 Å². The van der Waals surface area contributed by atoms with E-state index in [0.717, 1.165) is 6.21 Å². The summed E-state index contributed by atoms with van der Waals surface area (Å²) in [5.41, 5.74) is 7.38. The van der Waals surface area contributed by atoms with Crippen molar-refractivity contribution < 1.29 is 4.39 Å². The number of nitrogen functional groups attached to an aromatic ring is 1. The van der Waals surface area contributed by atoms with E-state index < -0.39 is 5.82 Å². The second-order valence-electron chi connectivity index (χ2n) is 4.92. The van der Waals surface area contributed by atoms with Gasteiger partial charge in [-0.1, -0.05) is 0 Å². The summed E-state index contributed by atoms with van der Waals surface area (Å²) in [7, 11) is 1.72. The lowest BCUT2D eigenvalue weighted by Gasteiger charge is -2.17. The highest BCUT2D eigenvalue weighted by Gasteiger charge is 2.15.